The Balaban J connectivity index is 1.11. The van der Waals surface area contributed by atoms with Crippen LogP contribution in [0, 0.1) is 0 Å². The smallest absolute Gasteiger partial charge is 0.169 e. The molecule has 0 bridgehead atoms. The van der Waals surface area contributed by atoms with E-state index in [-0.39, 0.29) is 52.9 Å². The highest BCUT2D eigenvalue weighted by Crippen LogP contribution is 2.38. The Bertz CT molecular complexity index is 2710. The lowest BCUT2D eigenvalue weighted by atomic mass is 9.83. The van der Waals surface area contributed by atoms with Crippen LogP contribution in [-0.2, 0) is 88.9 Å². The number of rotatable bonds is 25. The molecule has 2 fully saturated rings. The van der Waals surface area contributed by atoms with E-state index >= 15 is 0 Å². The molecule has 1 aliphatic carbocycles. The minimum absolute atomic E-state index is 0.0462. The molecule has 7 aromatic carbocycles. The van der Waals surface area contributed by atoms with Crippen LogP contribution in [0.3, 0.4) is 0 Å². The molecule has 11 atom stereocenters. The molecule has 1 aliphatic heterocycles. The van der Waals surface area contributed by atoms with Crippen molar-refractivity contribution in [2.45, 2.75) is 114 Å². The Kier molecular flexibility index (Phi) is 19.6. The van der Waals surface area contributed by atoms with Crippen molar-refractivity contribution in [1.82, 2.24) is 0 Å². The van der Waals surface area contributed by atoms with E-state index in [1.165, 1.54) is 0 Å². The zero-order valence-corrected chi connectivity index (χ0v) is 41.2. The third kappa shape index (κ3) is 14.6. The van der Waals surface area contributed by atoms with Gasteiger partial charge in [-0.3, -0.25) is 0 Å². The zero-order valence-electron chi connectivity index (χ0n) is 41.2. The van der Waals surface area contributed by atoms with Crippen molar-refractivity contribution in [1.29, 1.82) is 0 Å². The summed E-state index contributed by atoms with van der Waals surface area (Å²) < 4.78 is 62.0. The third-order valence-corrected chi connectivity index (χ3v) is 13.2. The van der Waals surface area contributed by atoms with Crippen molar-refractivity contribution in [2.75, 3.05) is 6.61 Å². The normalized spacial score (nSPS) is 24.7. The molecule has 1 heterocycles. The molecule has 0 unspecified atom stereocenters. The van der Waals surface area contributed by atoms with Crippen LogP contribution in [0.4, 0.5) is 0 Å². The van der Waals surface area contributed by atoms with Crippen LogP contribution < -0.4 is 0 Å². The molecule has 0 radical (unpaired) electrons. The largest absolute Gasteiger partial charge is 0.387 e. The van der Waals surface area contributed by atoms with Crippen molar-refractivity contribution < 1.29 is 47.7 Å². The second-order valence-electron chi connectivity index (χ2n) is 18.4. The van der Waals surface area contributed by atoms with Crippen LogP contribution in [0.1, 0.15) is 38.9 Å². The van der Waals surface area contributed by atoms with Gasteiger partial charge in [0.25, 0.3) is 0 Å². The highest BCUT2D eigenvalue weighted by Gasteiger charge is 2.57. The second kappa shape index (κ2) is 27.7. The number of aliphatic hydroxyl groups is 1. The summed E-state index contributed by atoms with van der Waals surface area (Å²) in [5.41, 5.74) is 16.8. The minimum atomic E-state index is -1.42. The Morgan fingerprint density at radius 1 is 0.378 bits per heavy atom. The maximum atomic E-state index is 13.1. The van der Waals surface area contributed by atoms with E-state index in [4.69, 9.17) is 42.6 Å². The van der Waals surface area contributed by atoms with Gasteiger partial charge in [-0.15, -0.1) is 0 Å². The van der Waals surface area contributed by atoms with Gasteiger partial charge in [-0.2, -0.15) is 0 Å². The van der Waals surface area contributed by atoms with Crippen molar-refractivity contribution in [2.24, 2.45) is 5.11 Å². The molecule has 1 saturated carbocycles. The van der Waals surface area contributed by atoms with Crippen LogP contribution in [0.15, 0.2) is 217 Å². The molecule has 13 nitrogen and oxygen atoms in total. The summed E-state index contributed by atoms with van der Waals surface area (Å²) >= 11 is 0. The lowest BCUT2D eigenvalue weighted by Gasteiger charge is -2.51. The van der Waals surface area contributed by atoms with Crippen molar-refractivity contribution in [3.8, 4) is 0 Å². The van der Waals surface area contributed by atoms with E-state index in [1.807, 2.05) is 212 Å². The Morgan fingerprint density at radius 3 is 1.04 bits per heavy atom. The SMILES string of the molecule is [N-]=[N+]=N[C@H]1[C@H](O[C@H]2[C@H](O)[C@H](OCc3ccccc3)[C@@H](OCc3ccccc3)[C@@H](OCc3ccccc3)[C@@H]2OCc2ccccc2)O[C@H](COCc2ccccc2)[C@@H](OCc2ccccc2)[C@@H]1OCc1ccccc1. The van der Waals surface area contributed by atoms with E-state index in [0.717, 1.165) is 38.9 Å². The van der Waals surface area contributed by atoms with Gasteiger partial charge in [0.1, 0.15) is 61.0 Å². The third-order valence-electron chi connectivity index (χ3n) is 13.2. The number of hydrogen-bond donors (Lipinski definition) is 1. The predicted molar refractivity (Wildman–Crippen MR) is 279 cm³/mol. The highest BCUT2D eigenvalue weighted by molar-refractivity contribution is 5.20. The first kappa shape index (κ1) is 52.3. The molecular weight excluding hydrogens is 935 g/mol. The van der Waals surface area contributed by atoms with Gasteiger partial charge in [0.15, 0.2) is 6.29 Å². The Hall–Kier alpha value is -6.55. The lowest BCUT2D eigenvalue weighted by Crippen LogP contribution is -2.69. The van der Waals surface area contributed by atoms with E-state index < -0.39 is 67.3 Å². The average Bonchev–Trinajstić information content (AvgIpc) is 3.46. The van der Waals surface area contributed by atoms with Crippen molar-refractivity contribution >= 4 is 0 Å². The standard InChI is InChI=1S/C61H63N3O10/c62-64-63-52-55(68-38-46-26-12-3-13-27-46)54(67-37-45-24-10-2-11-25-45)51(43-66-36-44-22-8-1-9-23-44)73-61(52)74-57-53(65)56(69-39-47-28-14-4-15-29-47)58(70-40-48-30-16-5-17-31-48)60(72-42-50-34-20-7-21-35-50)59(57)71-41-49-32-18-6-19-33-49/h1-35,51-61,65H,36-43H2/t51-,52-,53-,54-,55-,56+,57+,58-,59-,60-,61+/m1/s1. The van der Waals surface area contributed by atoms with Gasteiger partial charge in [0.05, 0.1) is 52.9 Å². The molecule has 0 aromatic heterocycles. The first-order chi connectivity index (χ1) is 36.6. The summed E-state index contributed by atoms with van der Waals surface area (Å²) in [6, 6.07) is 67.4. The number of nitrogens with zero attached hydrogens (tertiary/aromatic N) is 3. The molecule has 0 amide bonds. The molecule has 382 valence electrons. The van der Waals surface area contributed by atoms with Crippen LogP contribution in [0.25, 0.3) is 10.4 Å². The van der Waals surface area contributed by atoms with Crippen molar-refractivity contribution in [3.05, 3.63) is 262 Å². The summed E-state index contributed by atoms with van der Waals surface area (Å²) in [7, 11) is 0. The van der Waals surface area contributed by atoms with Gasteiger partial charge >= 0.3 is 0 Å². The molecular formula is C61H63N3O10. The fourth-order valence-corrected chi connectivity index (χ4v) is 9.39. The summed E-state index contributed by atoms with van der Waals surface area (Å²) in [6.07, 6.45) is -10.5. The molecule has 9 rings (SSSR count). The van der Waals surface area contributed by atoms with Gasteiger partial charge in [0, 0.05) is 4.91 Å². The lowest BCUT2D eigenvalue weighted by molar-refractivity contribution is -0.338. The van der Waals surface area contributed by atoms with Crippen LogP contribution in [0.5, 0.6) is 0 Å². The van der Waals surface area contributed by atoms with E-state index in [1.54, 1.807) is 0 Å². The van der Waals surface area contributed by atoms with Gasteiger partial charge in [-0.1, -0.05) is 217 Å². The monoisotopic (exact) mass is 997 g/mol. The van der Waals surface area contributed by atoms with E-state index in [2.05, 4.69) is 10.0 Å². The molecule has 2 aliphatic rings. The number of hydrogen-bond acceptors (Lipinski definition) is 11. The highest BCUT2D eigenvalue weighted by atomic mass is 16.7. The first-order valence-corrected chi connectivity index (χ1v) is 25.2. The maximum Gasteiger partial charge on any atom is 0.169 e. The fourth-order valence-electron chi connectivity index (χ4n) is 9.39. The molecule has 0 spiro atoms. The van der Waals surface area contributed by atoms with Gasteiger partial charge in [-0.05, 0) is 44.5 Å². The number of ether oxygens (including phenoxy) is 9. The molecule has 74 heavy (non-hydrogen) atoms. The second-order valence-corrected chi connectivity index (χ2v) is 18.4. The molecule has 1 N–H and O–H groups in total. The first-order valence-electron chi connectivity index (χ1n) is 25.2. The molecule has 7 aromatic rings. The Labute approximate surface area is 433 Å². The topological polar surface area (TPSA) is 152 Å². The maximum absolute atomic E-state index is 13.1. The van der Waals surface area contributed by atoms with Gasteiger partial charge in [-0.25, -0.2) is 0 Å². The molecule has 1 saturated heterocycles. The summed E-state index contributed by atoms with van der Waals surface area (Å²) in [5, 5.41) is 17.5. The summed E-state index contributed by atoms with van der Waals surface area (Å²) in [5.74, 6) is 0. The summed E-state index contributed by atoms with van der Waals surface area (Å²) in [4.78, 5) is 3.36. The summed E-state index contributed by atoms with van der Waals surface area (Å²) in [6.45, 7) is 1.31. The van der Waals surface area contributed by atoms with Crippen molar-refractivity contribution in [3.63, 3.8) is 0 Å². The molecule has 13 heteroatoms. The van der Waals surface area contributed by atoms with Crippen LogP contribution >= 0.6 is 0 Å². The number of aliphatic hydroxyl groups excluding tert-OH is 1. The number of benzene rings is 7. The van der Waals surface area contributed by atoms with Gasteiger partial charge in [0.2, 0.25) is 0 Å². The van der Waals surface area contributed by atoms with Crippen LogP contribution in [0.2, 0.25) is 0 Å². The predicted octanol–water partition coefficient (Wildman–Crippen LogP) is 10.9. The quantitative estimate of drug-likeness (QED) is 0.0333. The van der Waals surface area contributed by atoms with Gasteiger partial charge < -0.3 is 47.7 Å². The average molecular weight is 998 g/mol. The van der Waals surface area contributed by atoms with Crippen LogP contribution in [-0.4, -0.2) is 79.0 Å². The minimum Gasteiger partial charge on any atom is -0.387 e. The Morgan fingerprint density at radius 2 is 0.676 bits per heavy atom. The number of azide groups is 1. The zero-order chi connectivity index (χ0) is 50.6. The van der Waals surface area contributed by atoms with E-state index in [0.29, 0.717) is 0 Å². The fraction of sp³-hybridized carbons (Fsp3) is 0.311. The van der Waals surface area contributed by atoms with E-state index in [9.17, 15) is 10.6 Å².